The lowest BCUT2D eigenvalue weighted by Gasteiger charge is -2.10. The number of hydrogen-bond acceptors (Lipinski definition) is 4. The Kier molecular flexibility index (Phi) is 5.26. The summed E-state index contributed by atoms with van der Waals surface area (Å²) in [5.74, 6) is 0.258. The second kappa shape index (κ2) is 7.77. The van der Waals surface area contributed by atoms with Crippen molar-refractivity contribution in [1.82, 2.24) is 9.97 Å². The number of carbonyl (C=O) groups is 1. The highest BCUT2D eigenvalue weighted by Crippen LogP contribution is 2.19. The van der Waals surface area contributed by atoms with E-state index in [1.165, 1.54) is 6.33 Å². The molecule has 0 atom stereocenters. The lowest BCUT2D eigenvalue weighted by Crippen LogP contribution is -2.15. The number of nitrogens with zero attached hydrogens (tertiary/aromatic N) is 2. The fraction of sp³-hybridized carbons (Fsp3) is 0.105. The van der Waals surface area contributed by atoms with Gasteiger partial charge in [-0.25, -0.2) is 9.97 Å². The van der Waals surface area contributed by atoms with Gasteiger partial charge >= 0.3 is 0 Å². The molecule has 1 heterocycles. The number of aromatic nitrogens is 2. The number of carbonyl (C=O) groups excluding carboxylic acids is 1. The Morgan fingerprint density at radius 3 is 2.60 bits per heavy atom. The first-order valence-electron chi connectivity index (χ1n) is 7.89. The van der Waals surface area contributed by atoms with Crippen LogP contribution in [0.25, 0.3) is 0 Å². The third kappa shape index (κ3) is 4.33. The van der Waals surface area contributed by atoms with Crippen molar-refractivity contribution in [2.24, 2.45) is 0 Å². The monoisotopic (exact) mass is 352 g/mol. The minimum Gasteiger partial charge on any atom is -0.340 e. The van der Waals surface area contributed by atoms with Crippen molar-refractivity contribution in [3.05, 3.63) is 77.2 Å². The van der Waals surface area contributed by atoms with Crippen molar-refractivity contribution in [3.8, 4) is 0 Å². The van der Waals surface area contributed by atoms with Crippen LogP contribution >= 0.6 is 11.6 Å². The Morgan fingerprint density at radius 1 is 1.08 bits per heavy atom. The topological polar surface area (TPSA) is 66.9 Å². The molecule has 0 aliphatic heterocycles. The van der Waals surface area contributed by atoms with Crippen LogP contribution in [0.1, 0.15) is 23.0 Å². The Balaban J connectivity index is 1.76. The zero-order chi connectivity index (χ0) is 17.6. The van der Waals surface area contributed by atoms with Crippen LogP contribution in [0.5, 0.6) is 0 Å². The fourth-order valence-corrected chi connectivity index (χ4v) is 2.49. The van der Waals surface area contributed by atoms with Crippen molar-refractivity contribution in [1.29, 1.82) is 0 Å². The summed E-state index contributed by atoms with van der Waals surface area (Å²) >= 11 is 5.88. The average Bonchev–Trinajstić information content (AvgIpc) is 2.64. The number of hydrogen-bond donors (Lipinski definition) is 2. The molecule has 3 rings (SSSR count). The molecule has 0 saturated carbocycles. The summed E-state index contributed by atoms with van der Waals surface area (Å²) in [4.78, 5) is 20.7. The normalized spacial score (nSPS) is 10.3. The fourth-order valence-electron chi connectivity index (χ4n) is 2.37. The third-order valence-electron chi connectivity index (χ3n) is 3.66. The number of nitrogens with one attached hydrogen (secondary N) is 2. The van der Waals surface area contributed by atoms with Crippen molar-refractivity contribution < 1.29 is 4.79 Å². The van der Waals surface area contributed by atoms with Crippen LogP contribution in [-0.2, 0) is 6.42 Å². The molecule has 2 aromatic carbocycles. The van der Waals surface area contributed by atoms with Crippen LogP contribution in [0.15, 0.2) is 60.9 Å². The molecule has 3 aromatic rings. The van der Waals surface area contributed by atoms with E-state index in [0.717, 1.165) is 23.4 Å². The maximum absolute atomic E-state index is 12.5. The molecular weight excluding hydrogens is 336 g/mol. The van der Waals surface area contributed by atoms with Gasteiger partial charge in [-0.15, -0.1) is 0 Å². The molecule has 0 aliphatic carbocycles. The van der Waals surface area contributed by atoms with E-state index in [9.17, 15) is 4.79 Å². The number of aryl methyl sites for hydroxylation is 1. The molecule has 1 amide bonds. The standard InChI is InChI=1S/C19H17ClN4O/c1-2-13-5-3-4-6-16(13)24-19(25)17-11-18(22-12-21-17)23-15-9-7-14(20)8-10-15/h3-12H,2H2,1H3,(H,24,25)(H,21,22,23). The molecule has 0 radical (unpaired) electrons. The van der Waals surface area contributed by atoms with E-state index in [1.54, 1.807) is 18.2 Å². The molecule has 0 unspecified atom stereocenters. The van der Waals surface area contributed by atoms with Gasteiger partial charge in [-0.1, -0.05) is 36.7 Å². The van der Waals surface area contributed by atoms with Gasteiger partial charge in [-0.05, 0) is 42.3 Å². The third-order valence-corrected chi connectivity index (χ3v) is 3.91. The molecule has 2 N–H and O–H groups in total. The lowest BCUT2D eigenvalue weighted by atomic mass is 10.1. The van der Waals surface area contributed by atoms with Gasteiger partial charge < -0.3 is 10.6 Å². The maximum atomic E-state index is 12.5. The lowest BCUT2D eigenvalue weighted by molar-refractivity contribution is 0.102. The van der Waals surface area contributed by atoms with Gasteiger partial charge in [0.1, 0.15) is 17.8 Å². The van der Waals surface area contributed by atoms with Gasteiger partial charge in [0.15, 0.2) is 0 Å². The Morgan fingerprint density at radius 2 is 1.84 bits per heavy atom. The van der Waals surface area contributed by atoms with Crippen LogP contribution in [0.3, 0.4) is 0 Å². The molecular formula is C19H17ClN4O. The summed E-state index contributed by atoms with van der Waals surface area (Å²) in [6.45, 7) is 2.05. The zero-order valence-corrected chi connectivity index (χ0v) is 14.4. The summed E-state index contributed by atoms with van der Waals surface area (Å²) in [5.41, 5.74) is 2.98. The zero-order valence-electron chi connectivity index (χ0n) is 13.7. The van der Waals surface area contributed by atoms with E-state index < -0.39 is 0 Å². The van der Waals surface area contributed by atoms with Crippen LogP contribution < -0.4 is 10.6 Å². The molecule has 0 aliphatic rings. The van der Waals surface area contributed by atoms with E-state index in [4.69, 9.17) is 11.6 Å². The Hall–Kier alpha value is -2.92. The van der Waals surface area contributed by atoms with Crippen LogP contribution in [-0.4, -0.2) is 15.9 Å². The average molecular weight is 353 g/mol. The summed E-state index contributed by atoms with van der Waals surface area (Å²) in [6.07, 6.45) is 2.20. The predicted octanol–water partition coefficient (Wildman–Crippen LogP) is 4.69. The highest BCUT2D eigenvalue weighted by molar-refractivity contribution is 6.30. The highest BCUT2D eigenvalue weighted by atomic mass is 35.5. The first-order valence-corrected chi connectivity index (χ1v) is 8.27. The summed E-state index contributed by atoms with van der Waals surface area (Å²) in [5, 5.41) is 6.68. The van der Waals surface area contributed by atoms with Crippen molar-refractivity contribution in [3.63, 3.8) is 0 Å². The number of amides is 1. The summed E-state index contributed by atoms with van der Waals surface area (Å²) in [6, 6.07) is 16.5. The smallest absolute Gasteiger partial charge is 0.274 e. The van der Waals surface area contributed by atoms with Crippen LogP contribution in [0.2, 0.25) is 5.02 Å². The molecule has 126 valence electrons. The molecule has 0 bridgehead atoms. The highest BCUT2D eigenvalue weighted by Gasteiger charge is 2.11. The molecule has 1 aromatic heterocycles. The number of rotatable bonds is 5. The Labute approximate surface area is 151 Å². The van der Waals surface area contributed by atoms with E-state index in [2.05, 4.69) is 20.6 Å². The second-order valence-corrected chi connectivity index (χ2v) is 5.82. The first-order chi connectivity index (χ1) is 12.2. The van der Waals surface area contributed by atoms with Gasteiger partial charge in [0.25, 0.3) is 5.91 Å². The minimum atomic E-state index is -0.276. The molecule has 5 nitrogen and oxygen atoms in total. The van der Waals surface area contributed by atoms with Gasteiger partial charge in [0, 0.05) is 22.5 Å². The summed E-state index contributed by atoms with van der Waals surface area (Å²) in [7, 11) is 0. The number of benzene rings is 2. The van der Waals surface area contributed by atoms with Gasteiger partial charge in [0.05, 0.1) is 0 Å². The second-order valence-electron chi connectivity index (χ2n) is 5.39. The molecule has 6 heteroatoms. The van der Waals surface area contributed by atoms with E-state index in [1.807, 2.05) is 43.3 Å². The number of anilines is 3. The summed E-state index contributed by atoms with van der Waals surface area (Å²) < 4.78 is 0. The largest absolute Gasteiger partial charge is 0.340 e. The van der Waals surface area contributed by atoms with E-state index in [0.29, 0.717) is 10.8 Å². The number of halogens is 1. The first kappa shape index (κ1) is 16.9. The maximum Gasteiger partial charge on any atom is 0.274 e. The molecule has 0 saturated heterocycles. The van der Waals surface area contributed by atoms with Crippen molar-refractivity contribution >= 4 is 34.7 Å². The van der Waals surface area contributed by atoms with Crippen LogP contribution in [0.4, 0.5) is 17.2 Å². The van der Waals surface area contributed by atoms with Crippen LogP contribution in [0, 0.1) is 0 Å². The van der Waals surface area contributed by atoms with Crippen molar-refractivity contribution in [2.75, 3.05) is 10.6 Å². The SMILES string of the molecule is CCc1ccccc1NC(=O)c1cc(Nc2ccc(Cl)cc2)ncn1. The van der Waals surface area contributed by atoms with Gasteiger partial charge in [-0.3, -0.25) is 4.79 Å². The quantitative estimate of drug-likeness (QED) is 0.699. The number of para-hydroxylation sites is 1. The van der Waals surface area contributed by atoms with Gasteiger partial charge in [0.2, 0.25) is 0 Å². The molecule has 25 heavy (non-hydrogen) atoms. The van der Waals surface area contributed by atoms with E-state index >= 15 is 0 Å². The van der Waals surface area contributed by atoms with Crippen molar-refractivity contribution in [2.45, 2.75) is 13.3 Å². The molecule has 0 fully saturated rings. The predicted molar refractivity (Wildman–Crippen MR) is 101 cm³/mol. The Bertz CT molecular complexity index is 881. The molecule has 0 spiro atoms. The van der Waals surface area contributed by atoms with Gasteiger partial charge in [-0.2, -0.15) is 0 Å². The van der Waals surface area contributed by atoms with E-state index in [-0.39, 0.29) is 11.6 Å². The minimum absolute atomic E-state index is 0.276.